The van der Waals surface area contributed by atoms with Crippen molar-refractivity contribution in [1.82, 2.24) is 14.7 Å². The molecule has 2 aromatic heterocycles. The highest BCUT2D eigenvalue weighted by molar-refractivity contribution is 7.98. The van der Waals surface area contributed by atoms with Gasteiger partial charge >= 0.3 is 0 Å². The molecule has 2 N–H and O–H groups in total. The van der Waals surface area contributed by atoms with Crippen molar-refractivity contribution in [2.75, 3.05) is 11.9 Å². The SMILES string of the molecule is Cc1cc(C)c(NC(=O)CNC(=O)c2ccc(SCc3cn4ccccc4n3)cc2)c(C)c1. The van der Waals surface area contributed by atoms with Gasteiger partial charge in [0.05, 0.1) is 12.2 Å². The number of amides is 2. The molecule has 0 saturated carbocycles. The van der Waals surface area contributed by atoms with E-state index in [1.54, 1.807) is 23.9 Å². The molecule has 0 aliphatic heterocycles. The number of nitrogens with one attached hydrogen (secondary N) is 2. The minimum atomic E-state index is -0.278. The van der Waals surface area contributed by atoms with E-state index in [-0.39, 0.29) is 18.4 Å². The molecule has 0 spiro atoms. The van der Waals surface area contributed by atoms with E-state index >= 15 is 0 Å². The topological polar surface area (TPSA) is 75.5 Å². The van der Waals surface area contributed by atoms with Crippen molar-refractivity contribution in [2.24, 2.45) is 0 Å². The van der Waals surface area contributed by atoms with Gasteiger partial charge in [-0.15, -0.1) is 11.8 Å². The molecule has 0 fully saturated rings. The van der Waals surface area contributed by atoms with Crippen LogP contribution >= 0.6 is 11.8 Å². The lowest BCUT2D eigenvalue weighted by molar-refractivity contribution is -0.115. The average Bonchev–Trinajstić information content (AvgIpc) is 3.22. The molecule has 4 rings (SSSR count). The Morgan fingerprint density at radius 2 is 1.73 bits per heavy atom. The van der Waals surface area contributed by atoms with Crippen LogP contribution in [0, 0.1) is 20.8 Å². The maximum Gasteiger partial charge on any atom is 0.251 e. The lowest BCUT2D eigenvalue weighted by atomic mass is 10.1. The molecule has 168 valence electrons. The first-order chi connectivity index (χ1) is 15.9. The van der Waals surface area contributed by atoms with E-state index in [9.17, 15) is 9.59 Å². The zero-order valence-electron chi connectivity index (χ0n) is 18.9. The first-order valence-electron chi connectivity index (χ1n) is 10.7. The Hall–Kier alpha value is -3.58. The Bertz CT molecular complexity index is 1260. The fourth-order valence-corrected chi connectivity index (χ4v) is 4.52. The number of aromatic nitrogens is 2. The summed E-state index contributed by atoms with van der Waals surface area (Å²) >= 11 is 1.66. The third kappa shape index (κ3) is 5.62. The standard InChI is InChI=1S/C26H26N4O2S/c1-17-12-18(2)25(19(3)13-17)29-24(31)14-27-26(32)20-7-9-22(10-8-20)33-16-21-15-30-11-5-4-6-23(30)28-21/h4-13,15H,14,16H2,1-3H3,(H,27,32)(H,29,31). The summed E-state index contributed by atoms with van der Waals surface area (Å²) in [5.74, 6) is 0.211. The van der Waals surface area contributed by atoms with Crippen molar-refractivity contribution in [3.63, 3.8) is 0 Å². The lowest BCUT2D eigenvalue weighted by Crippen LogP contribution is -2.33. The molecule has 0 aliphatic carbocycles. The number of aryl methyl sites for hydroxylation is 3. The molecule has 4 aromatic rings. The van der Waals surface area contributed by atoms with E-state index in [1.165, 1.54) is 0 Å². The molecule has 0 unspecified atom stereocenters. The number of nitrogens with zero attached hydrogens (tertiary/aromatic N) is 2. The van der Waals surface area contributed by atoms with Gasteiger partial charge in [-0.05, 0) is 68.3 Å². The predicted molar refractivity (Wildman–Crippen MR) is 133 cm³/mol. The van der Waals surface area contributed by atoms with Crippen molar-refractivity contribution in [1.29, 1.82) is 0 Å². The van der Waals surface area contributed by atoms with Gasteiger partial charge in [0.2, 0.25) is 5.91 Å². The molecule has 2 aromatic carbocycles. The number of thioether (sulfide) groups is 1. The van der Waals surface area contributed by atoms with Crippen molar-refractivity contribution in [3.05, 3.63) is 94.9 Å². The molecular weight excluding hydrogens is 432 g/mol. The second kappa shape index (κ2) is 9.92. The van der Waals surface area contributed by atoms with Crippen LogP contribution in [0.5, 0.6) is 0 Å². The summed E-state index contributed by atoms with van der Waals surface area (Å²) in [6.45, 7) is 5.86. The first kappa shape index (κ1) is 22.6. The molecule has 7 heteroatoms. The minimum Gasteiger partial charge on any atom is -0.343 e. The Morgan fingerprint density at radius 1 is 1.00 bits per heavy atom. The lowest BCUT2D eigenvalue weighted by Gasteiger charge is -2.13. The van der Waals surface area contributed by atoms with E-state index in [0.717, 1.165) is 44.4 Å². The summed E-state index contributed by atoms with van der Waals surface area (Å²) in [5, 5.41) is 5.59. The van der Waals surface area contributed by atoms with Gasteiger partial charge in [-0.2, -0.15) is 0 Å². The quantitative estimate of drug-likeness (QED) is 0.386. The van der Waals surface area contributed by atoms with Crippen LogP contribution in [0.4, 0.5) is 5.69 Å². The third-order valence-corrected chi connectivity index (χ3v) is 6.31. The van der Waals surface area contributed by atoms with Crippen molar-refractivity contribution in [2.45, 2.75) is 31.4 Å². The van der Waals surface area contributed by atoms with Crippen LogP contribution in [0.25, 0.3) is 5.65 Å². The van der Waals surface area contributed by atoms with Gasteiger partial charge in [-0.3, -0.25) is 9.59 Å². The summed E-state index contributed by atoms with van der Waals surface area (Å²) in [6.07, 6.45) is 4.00. The van der Waals surface area contributed by atoms with Crippen LogP contribution in [0.3, 0.4) is 0 Å². The molecule has 0 aliphatic rings. The van der Waals surface area contributed by atoms with Crippen LogP contribution in [0.1, 0.15) is 32.7 Å². The highest BCUT2D eigenvalue weighted by Crippen LogP contribution is 2.23. The van der Waals surface area contributed by atoms with Gasteiger partial charge in [0, 0.05) is 34.3 Å². The summed E-state index contributed by atoms with van der Waals surface area (Å²) in [6, 6.07) is 17.3. The van der Waals surface area contributed by atoms with Gasteiger partial charge in [0.1, 0.15) is 5.65 Å². The highest BCUT2D eigenvalue weighted by Gasteiger charge is 2.11. The van der Waals surface area contributed by atoms with Crippen LogP contribution in [0.2, 0.25) is 0 Å². The predicted octanol–water partition coefficient (Wildman–Crippen LogP) is 4.92. The molecule has 6 nitrogen and oxygen atoms in total. The van der Waals surface area contributed by atoms with Crippen molar-refractivity contribution >= 4 is 34.9 Å². The average molecular weight is 459 g/mol. The van der Waals surface area contributed by atoms with Gasteiger partial charge < -0.3 is 15.0 Å². The normalized spacial score (nSPS) is 10.9. The summed E-state index contributed by atoms with van der Waals surface area (Å²) < 4.78 is 2.00. The second-order valence-electron chi connectivity index (χ2n) is 8.02. The molecule has 0 radical (unpaired) electrons. The fourth-order valence-electron chi connectivity index (χ4n) is 3.74. The van der Waals surface area contributed by atoms with E-state index in [2.05, 4.69) is 15.6 Å². The molecule has 33 heavy (non-hydrogen) atoms. The van der Waals surface area contributed by atoms with Crippen LogP contribution < -0.4 is 10.6 Å². The monoisotopic (exact) mass is 458 g/mol. The molecule has 0 atom stereocenters. The van der Waals surface area contributed by atoms with E-state index in [0.29, 0.717) is 5.56 Å². The van der Waals surface area contributed by atoms with Gasteiger partial charge in [0.15, 0.2) is 0 Å². The third-order valence-electron chi connectivity index (χ3n) is 5.27. The number of pyridine rings is 1. The number of benzene rings is 2. The summed E-state index contributed by atoms with van der Waals surface area (Å²) in [4.78, 5) is 30.4. The van der Waals surface area contributed by atoms with Crippen LogP contribution in [0.15, 0.2) is 71.9 Å². The molecule has 2 heterocycles. The Morgan fingerprint density at radius 3 is 2.42 bits per heavy atom. The zero-order chi connectivity index (χ0) is 23.4. The molecule has 2 amide bonds. The van der Waals surface area contributed by atoms with Crippen LogP contribution in [-0.4, -0.2) is 27.7 Å². The number of anilines is 1. The zero-order valence-corrected chi connectivity index (χ0v) is 19.7. The van der Waals surface area contributed by atoms with Crippen molar-refractivity contribution < 1.29 is 9.59 Å². The molecular formula is C26H26N4O2S. The smallest absolute Gasteiger partial charge is 0.251 e. The Balaban J connectivity index is 1.28. The van der Waals surface area contributed by atoms with Gasteiger partial charge in [-0.25, -0.2) is 4.98 Å². The summed E-state index contributed by atoms with van der Waals surface area (Å²) in [5.41, 5.74) is 6.40. The largest absolute Gasteiger partial charge is 0.343 e. The number of hydrogen-bond acceptors (Lipinski definition) is 4. The molecule has 0 bridgehead atoms. The van der Waals surface area contributed by atoms with Crippen LogP contribution in [-0.2, 0) is 10.5 Å². The number of fused-ring (bicyclic) bond motifs is 1. The Kier molecular flexibility index (Phi) is 6.79. The Labute approximate surface area is 197 Å². The van der Waals surface area contributed by atoms with Gasteiger partial charge in [0.25, 0.3) is 5.91 Å². The number of carbonyl (C=O) groups is 2. The number of rotatable bonds is 7. The number of hydrogen-bond donors (Lipinski definition) is 2. The molecule has 0 saturated heterocycles. The van der Waals surface area contributed by atoms with Crippen molar-refractivity contribution in [3.8, 4) is 0 Å². The number of carbonyl (C=O) groups excluding carboxylic acids is 2. The second-order valence-corrected chi connectivity index (χ2v) is 9.06. The maximum absolute atomic E-state index is 12.5. The maximum atomic E-state index is 12.5. The summed E-state index contributed by atoms with van der Waals surface area (Å²) in [7, 11) is 0. The first-order valence-corrected chi connectivity index (χ1v) is 11.7. The number of imidazole rings is 1. The highest BCUT2D eigenvalue weighted by atomic mass is 32.2. The van der Waals surface area contributed by atoms with E-state index in [1.807, 2.05) is 80.0 Å². The van der Waals surface area contributed by atoms with E-state index in [4.69, 9.17) is 0 Å². The van der Waals surface area contributed by atoms with Gasteiger partial charge in [-0.1, -0.05) is 23.8 Å². The van der Waals surface area contributed by atoms with E-state index < -0.39 is 0 Å². The minimum absolute atomic E-state index is 0.0873. The fraction of sp³-hybridized carbons (Fsp3) is 0.192.